The molecule has 5 heteroatoms. The molecule has 2 aromatic carbocycles. The molecule has 0 aliphatic heterocycles. The van der Waals surface area contributed by atoms with Gasteiger partial charge in [0, 0.05) is 17.2 Å². The van der Waals surface area contributed by atoms with Gasteiger partial charge >= 0.3 is 0 Å². The molecule has 128 valence electrons. The smallest absolute Gasteiger partial charge is 0.217 e. The molecule has 0 saturated carbocycles. The van der Waals surface area contributed by atoms with Crippen LogP contribution in [0.5, 0.6) is 0 Å². The van der Waals surface area contributed by atoms with Crippen LogP contribution in [-0.4, -0.2) is 18.9 Å². The van der Waals surface area contributed by atoms with Crippen LogP contribution in [0.25, 0.3) is 0 Å². The van der Waals surface area contributed by atoms with E-state index in [2.05, 4.69) is 4.72 Å². The number of nitrogens with one attached hydrogen (secondary N) is 1. The van der Waals surface area contributed by atoms with Crippen molar-refractivity contribution in [1.29, 1.82) is 0 Å². The Morgan fingerprint density at radius 1 is 0.958 bits per heavy atom. The Morgan fingerprint density at radius 2 is 1.54 bits per heavy atom. The minimum atomic E-state index is -3.47. The van der Waals surface area contributed by atoms with Crippen LogP contribution >= 0.6 is 0 Å². The first-order chi connectivity index (χ1) is 11.1. The maximum Gasteiger partial charge on any atom is 0.217 e. The highest BCUT2D eigenvalue weighted by Crippen LogP contribution is 2.21. The van der Waals surface area contributed by atoms with E-state index in [0.717, 1.165) is 5.56 Å². The molecule has 2 rings (SSSR count). The van der Waals surface area contributed by atoms with Crippen molar-refractivity contribution in [3.63, 3.8) is 0 Å². The lowest BCUT2D eigenvalue weighted by Gasteiger charge is -2.23. The highest BCUT2D eigenvalue weighted by atomic mass is 32.2. The zero-order chi connectivity index (χ0) is 18.0. The first kappa shape index (κ1) is 18.4. The van der Waals surface area contributed by atoms with Crippen molar-refractivity contribution in [3.05, 3.63) is 71.3 Å². The lowest BCUT2D eigenvalue weighted by atomic mass is 9.99. The highest BCUT2D eigenvalue weighted by Gasteiger charge is 2.30. The van der Waals surface area contributed by atoms with Crippen molar-refractivity contribution < 1.29 is 13.2 Å². The number of hydrogen-bond acceptors (Lipinski definition) is 3. The molecule has 4 nitrogen and oxygen atoms in total. The summed E-state index contributed by atoms with van der Waals surface area (Å²) in [5, 5.41) is 0. The fraction of sp³-hybridized carbons (Fsp3) is 0.316. The third-order valence-electron chi connectivity index (χ3n) is 3.82. The second kappa shape index (κ2) is 6.87. The zero-order valence-electron chi connectivity index (χ0n) is 14.4. The normalized spacial score (nSPS) is 13.5. The van der Waals surface area contributed by atoms with Gasteiger partial charge in [0.05, 0.1) is 4.75 Å². The fourth-order valence-corrected chi connectivity index (χ4v) is 3.14. The Kier molecular flexibility index (Phi) is 5.26. The number of rotatable bonds is 5. The molecule has 0 saturated heterocycles. The van der Waals surface area contributed by atoms with E-state index in [1.54, 1.807) is 58.0 Å². The van der Waals surface area contributed by atoms with E-state index in [4.69, 9.17) is 0 Å². The second-order valence-electron chi connectivity index (χ2n) is 6.78. The summed E-state index contributed by atoms with van der Waals surface area (Å²) in [7, 11) is -3.47. The molecular formula is C19H23NO3S. The molecule has 0 spiro atoms. The first-order valence-corrected chi connectivity index (χ1v) is 9.32. The van der Waals surface area contributed by atoms with Crippen LogP contribution in [0.4, 0.5) is 0 Å². The molecule has 0 bridgehead atoms. The van der Waals surface area contributed by atoms with Crippen LogP contribution in [0.1, 0.15) is 55.2 Å². The van der Waals surface area contributed by atoms with Gasteiger partial charge in [0.2, 0.25) is 10.0 Å². The van der Waals surface area contributed by atoms with Gasteiger partial charge in [-0.15, -0.1) is 0 Å². The van der Waals surface area contributed by atoms with E-state index in [-0.39, 0.29) is 5.78 Å². The molecule has 24 heavy (non-hydrogen) atoms. The monoisotopic (exact) mass is 345 g/mol. The summed E-state index contributed by atoms with van der Waals surface area (Å²) < 4.78 is 26.4. The van der Waals surface area contributed by atoms with Crippen LogP contribution in [0.3, 0.4) is 0 Å². The number of carbonyl (C=O) groups is 1. The third-order valence-corrected chi connectivity index (χ3v) is 6.10. The summed E-state index contributed by atoms with van der Waals surface area (Å²) in [5.74, 6) is -0.0803. The van der Waals surface area contributed by atoms with Gasteiger partial charge in [0.15, 0.2) is 5.78 Å². The van der Waals surface area contributed by atoms with Crippen molar-refractivity contribution in [3.8, 4) is 0 Å². The standard InChI is InChI=1S/C19H23NO3S/c1-14(20-24(22,23)19(2,3)4)16-11-8-12-17(13-16)18(21)15-9-6-5-7-10-15/h5-14,20H,1-4H3. The molecule has 0 aromatic heterocycles. The van der Waals surface area contributed by atoms with Crippen LogP contribution < -0.4 is 4.72 Å². The summed E-state index contributed by atoms with van der Waals surface area (Å²) in [5.41, 5.74) is 1.91. The molecule has 0 heterocycles. The SMILES string of the molecule is CC(NS(=O)(=O)C(C)(C)C)c1cccc(C(=O)c2ccccc2)c1. The van der Waals surface area contributed by atoms with E-state index in [0.29, 0.717) is 11.1 Å². The van der Waals surface area contributed by atoms with Gasteiger partial charge in [0.1, 0.15) is 0 Å². The van der Waals surface area contributed by atoms with Gasteiger partial charge < -0.3 is 0 Å². The maximum absolute atomic E-state index is 12.5. The Labute approximate surface area is 144 Å². The van der Waals surface area contributed by atoms with Gasteiger partial charge in [-0.1, -0.05) is 48.5 Å². The van der Waals surface area contributed by atoms with Crippen molar-refractivity contribution in [2.75, 3.05) is 0 Å². The van der Waals surface area contributed by atoms with Gasteiger partial charge in [-0.05, 0) is 39.3 Å². The Bertz CT molecular complexity index is 821. The van der Waals surface area contributed by atoms with E-state index >= 15 is 0 Å². The molecule has 0 aliphatic carbocycles. The minimum Gasteiger partial charge on any atom is -0.289 e. The zero-order valence-corrected chi connectivity index (χ0v) is 15.2. The van der Waals surface area contributed by atoms with Crippen LogP contribution in [0.15, 0.2) is 54.6 Å². The summed E-state index contributed by atoms with van der Waals surface area (Å²) in [6.07, 6.45) is 0. The van der Waals surface area contributed by atoms with Crippen LogP contribution in [0.2, 0.25) is 0 Å². The Balaban J connectivity index is 2.26. The van der Waals surface area contributed by atoms with Gasteiger partial charge in [0.25, 0.3) is 0 Å². The molecule has 0 aliphatic rings. The molecule has 1 atom stereocenters. The summed E-state index contributed by atoms with van der Waals surface area (Å²) in [6, 6.07) is 15.7. The number of hydrogen-bond donors (Lipinski definition) is 1. The fourth-order valence-electron chi connectivity index (χ4n) is 2.18. The second-order valence-corrected chi connectivity index (χ2v) is 9.24. The van der Waals surface area contributed by atoms with Crippen molar-refractivity contribution in [2.45, 2.75) is 38.5 Å². The van der Waals surface area contributed by atoms with E-state index in [1.807, 2.05) is 24.3 Å². The summed E-state index contributed by atoms with van der Waals surface area (Å²) >= 11 is 0. The molecule has 1 unspecified atom stereocenters. The molecule has 2 aromatic rings. The van der Waals surface area contributed by atoms with Crippen LogP contribution in [-0.2, 0) is 10.0 Å². The number of ketones is 1. The topological polar surface area (TPSA) is 63.2 Å². The Morgan fingerprint density at radius 3 is 2.12 bits per heavy atom. The lowest BCUT2D eigenvalue weighted by Crippen LogP contribution is -2.40. The summed E-state index contributed by atoms with van der Waals surface area (Å²) in [6.45, 7) is 6.72. The first-order valence-electron chi connectivity index (χ1n) is 7.83. The molecule has 0 amide bonds. The van der Waals surface area contributed by atoms with Gasteiger partial charge in [-0.2, -0.15) is 0 Å². The van der Waals surface area contributed by atoms with E-state index in [1.165, 1.54) is 0 Å². The quantitative estimate of drug-likeness (QED) is 0.841. The Hall–Kier alpha value is -1.98. The number of sulfonamides is 1. The minimum absolute atomic E-state index is 0.0803. The molecule has 1 N–H and O–H groups in total. The summed E-state index contributed by atoms with van der Waals surface area (Å²) in [4.78, 5) is 12.5. The molecule has 0 fully saturated rings. The van der Waals surface area contributed by atoms with Crippen molar-refractivity contribution in [2.24, 2.45) is 0 Å². The molecular weight excluding hydrogens is 322 g/mol. The average molecular weight is 345 g/mol. The highest BCUT2D eigenvalue weighted by molar-refractivity contribution is 7.90. The van der Waals surface area contributed by atoms with Gasteiger partial charge in [-0.25, -0.2) is 13.1 Å². The maximum atomic E-state index is 12.5. The van der Waals surface area contributed by atoms with Crippen molar-refractivity contribution in [1.82, 2.24) is 4.72 Å². The van der Waals surface area contributed by atoms with Gasteiger partial charge in [-0.3, -0.25) is 4.79 Å². The largest absolute Gasteiger partial charge is 0.289 e. The van der Waals surface area contributed by atoms with E-state index < -0.39 is 20.8 Å². The molecule has 0 radical (unpaired) electrons. The van der Waals surface area contributed by atoms with Crippen LogP contribution in [0, 0.1) is 0 Å². The predicted molar refractivity (Wildman–Crippen MR) is 96.5 cm³/mol. The lowest BCUT2D eigenvalue weighted by molar-refractivity contribution is 0.103. The van der Waals surface area contributed by atoms with E-state index in [9.17, 15) is 13.2 Å². The van der Waals surface area contributed by atoms with Crippen molar-refractivity contribution >= 4 is 15.8 Å². The third kappa shape index (κ3) is 4.10. The predicted octanol–water partition coefficient (Wildman–Crippen LogP) is 3.70. The number of carbonyl (C=O) groups excluding carboxylic acids is 1. The number of benzene rings is 2. The average Bonchev–Trinajstić information content (AvgIpc) is 2.53.